The van der Waals surface area contributed by atoms with Gasteiger partial charge in [-0.05, 0) is 29.3 Å². The predicted octanol–water partition coefficient (Wildman–Crippen LogP) is 5.12. The minimum absolute atomic E-state index is 0.759. The lowest BCUT2D eigenvalue weighted by molar-refractivity contribution is 0.685. The van der Waals surface area contributed by atoms with Crippen LogP contribution < -0.4 is 0 Å². The molecule has 0 aliphatic rings. The van der Waals surface area contributed by atoms with Crippen molar-refractivity contribution >= 4 is 31.9 Å². The Kier molecular flexibility index (Phi) is 4.03. The molecule has 1 aromatic heterocycles. The van der Waals surface area contributed by atoms with Gasteiger partial charge >= 0.3 is 0 Å². The number of aromatic nitrogens is 2. The number of halogens is 2. The Labute approximate surface area is 134 Å². The van der Waals surface area contributed by atoms with E-state index in [2.05, 4.69) is 61.4 Å². The highest BCUT2D eigenvalue weighted by Crippen LogP contribution is 2.23. The summed E-state index contributed by atoms with van der Waals surface area (Å²) >= 11 is 7.06. The van der Waals surface area contributed by atoms with Crippen molar-refractivity contribution in [3.8, 4) is 11.1 Å². The molecule has 0 aliphatic heterocycles. The highest BCUT2D eigenvalue weighted by atomic mass is 79.9. The van der Waals surface area contributed by atoms with Crippen LogP contribution in [0.3, 0.4) is 0 Å². The summed E-state index contributed by atoms with van der Waals surface area (Å²) in [5.74, 6) is 0. The Morgan fingerprint density at radius 2 is 1.80 bits per heavy atom. The van der Waals surface area contributed by atoms with Crippen molar-refractivity contribution in [1.29, 1.82) is 0 Å². The Hall–Kier alpha value is -1.39. The molecule has 0 fully saturated rings. The van der Waals surface area contributed by atoms with Crippen LogP contribution >= 0.6 is 31.9 Å². The molecule has 0 bridgehead atoms. The molecule has 0 saturated carbocycles. The fraction of sp³-hybridized carbons (Fsp3) is 0.0625. The molecule has 2 nitrogen and oxygen atoms in total. The number of hydrogen-bond donors (Lipinski definition) is 0. The van der Waals surface area contributed by atoms with Gasteiger partial charge in [-0.25, -0.2) is 0 Å². The molecule has 2 aromatic carbocycles. The van der Waals surface area contributed by atoms with Crippen molar-refractivity contribution < 1.29 is 0 Å². The van der Waals surface area contributed by atoms with Crippen LogP contribution in [0.15, 0.2) is 69.9 Å². The fourth-order valence-electron chi connectivity index (χ4n) is 2.07. The van der Waals surface area contributed by atoms with Crippen LogP contribution in [0.25, 0.3) is 11.1 Å². The molecule has 0 unspecified atom stereocenters. The van der Waals surface area contributed by atoms with Crippen LogP contribution in [0, 0.1) is 0 Å². The molecule has 3 rings (SSSR count). The minimum atomic E-state index is 0.759. The van der Waals surface area contributed by atoms with Gasteiger partial charge in [-0.15, -0.1) is 0 Å². The van der Waals surface area contributed by atoms with Crippen LogP contribution in [-0.2, 0) is 6.54 Å². The molecule has 0 aliphatic carbocycles. The molecule has 3 aromatic rings. The lowest BCUT2D eigenvalue weighted by Crippen LogP contribution is -2.00. The average Bonchev–Trinajstić information content (AvgIpc) is 2.90. The van der Waals surface area contributed by atoms with E-state index in [0.717, 1.165) is 26.6 Å². The van der Waals surface area contributed by atoms with E-state index in [1.807, 2.05) is 41.2 Å². The molecular formula is C16H12Br2N2. The van der Waals surface area contributed by atoms with Crippen molar-refractivity contribution in [2.24, 2.45) is 0 Å². The zero-order valence-corrected chi connectivity index (χ0v) is 13.8. The second kappa shape index (κ2) is 5.94. The van der Waals surface area contributed by atoms with Crippen LogP contribution in [0.4, 0.5) is 0 Å². The molecule has 4 heteroatoms. The third-order valence-electron chi connectivity index (χ3n) is 3.08. The fourth-order valence-corrected chi connectivity index (χ4v) is 2.88. The van der Waals surface area contributed by atoms with Crippen molar-refractivity contribution in [3.63, 3.8) is 0 Å². The van der Waals surface area contributed by atoms with E-state index in [1.165, 1.54) is 5.56 Å². The molecule has 20 heavy (non-hydrogen) atoms. The van der Waals surface area contributed by atoms with Crippen LogP contribution in [0.2, 0.25) is 0 Å². The maximum Gasteiger partial charge on any atom is 0.0670 e. The first-order chi connectivity index (χ1) is 9.72. The van der Waals surface area contributed by atoms with Gasteiger partial charge in [0, 0.05) is 20.7 Å². The maximum absolute atomic E-state index is 4.44. The molecular weight excluding hydrogens is 380 g/mol. The van der Waals surface area contributed by atoms with Crippen molar-refractivity contribution in [3.05, 3.63) is 75.4 Å². The molecule has 100 valence electrons. The van der Waals surface area contributed by atoms with E-state index in [-0.39, 0.29) is 0 Å². The molecule has 0 spiro atoms. The number of nitrogens with zero attached hydrogens (tertiary/aromatic N) is 2. The molecule has 0 amide bonds. The molecule has 0 atom stereocenters. The number of benzene rings is 2. The van der Waals surface area contributed by atoms with Gasteiger partial charge in [-0.3, -0.25) is 4.68 Å². The third-order valence-corrected chi connectivity index (χ3v) is 4.35. The molecule has 0 radical (unpaired) electrons. The molecule has 0 saturated heterocycles. The summed E-state index contributed by atoms with van der Waals surface area (Å²) in [5.41, 5.74) is 3.51. The van der Waals surface area contributed by atoms with Crippen molar-refractivity contribution in [1.82, 2.24) is 9.78 Å². The smallest absolute Gasteiger partial charge is 0.0670 e. The SMILES string of the molecule is Brc1cccc(-c2cnn(Cc3ccccc3Br)c2)c1. The van der Waals surface area contributed by atoms with E-state index in [1.54, 1.807) is 0 Å². The Morgan fingerprint density at radius 3 is 2.60 bits per heavy atom. The monoisotopic (exact) mass is 390 g/mol. The molecule has 1 heterocycles. The van der Waals surface area contributed by atoms with E-state index >= 15 is 0 Å². The summed E-state index contributed by atoms with van der Waals surface area (Å²) < 4.78 is 4.14. The van der Waals surface area contributed by atoms with Gasteiger partial charge in [0.25, 0.3) is 0 Å². The Bertz CT molecular complexity index is 735. The van der Waals surface area contributed by atoms with Crippen LogP contribution in [0.5, 0.6) is 0 Å². The number of rotatable bonds is 3. The Balaban J connectivity index is 1.86. The van der Waals surface area contributed by atoms with Crippen molar-refractivity contribution in [2.75, 3.05) is 0 Å². The lowest BCUT2D eigenvalue weighted by atomic mass is 10.1. The molecule has 0 N–H and O–H groups in total. The minimum Gasteiger partial charge on any atom is -0.268 e. The van der Waals surface area contributed by atoms with Gasteiger partial charge in [0.05, 0.1) is 12.7 Å². The third kappa shape index (κ3) is 3.02. The summed E-state index contributed by atoms with van der Waals surface area (Å²) in [6.45, 7) is 0.759. The normalized spacial score (nSPS) is 10.7. The predicted molar refractivity (Wildman–Crippen MR) is 88.6 cm³/mol. The first kappa shape index (κ1) is 13.6. The van der Waals surface area contributed by atoms with E-state index < -0.39 is 0 Å². The topological polar surface area (TPSA) is 17.8 Å². The zero-order valence-electron chi connectivity index (χ0n) is 10.6. The van der Waals surface area contributed by atoms with E-state index in [0.29, 0.717) is 0 Å². The van der Waals surface area contributed by atoms with Crippen LogP contribution in [-0.4, -0.2) is 9.78 Å². The standard InChI is InChI=1S/C16H12Br2N2/c17-15-6-3-5-12(8-15)14-9-19-20(11-14)10-13-4-1-2-7-16(13)18/h1-9,11H,10H2. The largest absolute Gasteiger partial charge is 0.268 e. The maximum atomic E-state index is 4.44. The van der Waals surface area contributed by atoms with E-state index in [9.17, 15) is 0 Å². The lowest BCUT2D eigenvalue weighted by Gasteiger charge is -2.04. The highest BCUT2D eigenvalue weighted by molar-refractivity contribution is 9.10. The van der Waals surface area contributed by atoms with Crippen LogP contribution in [0.1, 0.15) is 5.56 Å². The van der Waals surface area contributed by atoms with Gasteiger partial charge in [0.15, 0.2) is 0 Å². The van der Waals surface area contributed by atoms with Gasteiger partial charge in [-0.2, -0.15) is 5.10 Å². The van der Waals surface area contributed by atoms with Gasteiger partial charge in [0.1, 0.15) is 0 Å². The first-order valence-corrected chi connectivity index (χ1v) is 7.83. The summed E-state index contributed by atoms with van der Waals surface area (Å²) in [7, 11) is 0. The van der Waals surface area contributed by atoms with Gasteiger partial charge < -0.3 is 0 Å². The Morgan fingerprint density at radius 1 is 0.950 bits per heavy atom. The van der Waals surface area contributed by atoms with Gasteiger partial charge in [-0.1, -0.05) is 62.2 Å². The second-order valence-electron chi connectivity index (χ2n) is 4.53. The van der Waals surface area contributed by atoms with Crippen molar-refractivity contribution in [2.45, 2.75) is 6.54 Å². The highest BCUT2D eigenvalue weighted by Gasteiger charge is 2.04. The summed E-state index contributed by atoms with van der Waals surface area (Å²) in [6.07, 6.45) is 3.97. The summed E-state index contributed by atoms with van der Waals surface area (Å²) in [4.78, 5) is 0. The first-order valence-electron chi connectivity index (χ1n) is 6.24. The zero-order chi connectivity index (χ0) is 13.9. The quantitative estimate of drug-likeness (QED) is 0.605. The van der Waals surface area contributed by atoms with Gasteiger partial charge in [0.2, 0.25) is 0 Å². The summed E-state index contributed by atoms with van der Waals surface area (Å²) in [6, 6.07) is 16.4. The average molecular weight is 392 g/mol. The second-order valence-corrected chi connectivity index (χ2v) is 6.30. The summed E-state index contributed by atoms with van der Waals surface area (Å²) in [5, 5.41) is 4.44. The number of hydrogen-bond acceptors (Lipinski definition) is 1. The van der Waals surface area contributed by atoms with E-state index in [4.69, 9.17) is 0 Å².